The molecule has 0 unspecified atom stereocenters. The van der Waals surface area contributed by atoms with Crippen LogP contribution in [0.5, 0.6) is 0 Å². The Bertz CT molecular complexity index is 558. The number of fused-ring (bicyclic) bond motifs is 1. The normalized spacial score (nSPS) is 10.1. The van der Waals surface area contributed by atoms with Gasteiger partial charge in [-0.15, -0.1) is 0 Å². The van der Waals surface area contributed by atoms with Crippen LogP contribution in [-0.2, 0) is 0 Å². The average Bonchev–Trinajstić information content (AvgIpc) is 2.36. The van der Waals surface area contributed by atoms with E-state index in [0.29, 0.717) is 0 Å². The minimum absolute atomic E-state index is 0.794. The van der Waals surface area contributed by atoms with Gasteiger partial charge in [-0.2, -0.15) is 0 Å². The van der Waals surface area contributed by atoms with Crippen molar-refractivity contribution in [2.75, 3.05) is 0 Å². The Morgan fingerprint density at radius 3 is 2.50 bits per heavy atom. The molecule has 2 rings (SSSR count). The summed E-state index contributed by atoms with van der Waals surface area (Å²) in [6.07, 6.45) is 3.52. The molecule has 0 atom stereocenters. The second kappa shape index (κ2) is 4.37. The first-order valence-corrected chi connectivity index (χ1v) is 5.10. The van der Waals surface area contributed by atoms with Crippen molar-refractivity contribution < 1.29 is 5.02 Å². The van der Waals surface area contributed by atoms with Crippen molar-refractivity contribution in [3.8, 4) is 0 Å². The molecule has 0 saturated heterocycles. The number of hydrogen-bond donors (Lipinski definition) is 1. The van der Waals surface area contributed by atoms with Crippen molar-refractivity contribution in [1.82, 2.24) is 0 Å². The van der Waals surface area contributed by atoms with Crippen LogP contribution in [0.15, 0.2) is 43.5 Å². The summed E-state index contributed by atoms with van der Waals surface area (Å²) in [4.78, 5) is 0. The van der Waals surface area contributed by atoms with Gasteiger partial charge in [-0.1, -0.05) is 49.6 Å². The van der Waals surface area contributed by atoms with Gasteiger partial charge in [-0.25, -0.2) is 0 Å². The molecular formula is C14H12BO. The van der Waals surface area contributed by atoms with Gasteiger partial charge in [0.05, 0.1) is 0 Å². The molecule has 77 valence electrons. The van der Waals surface area contributed by atoms with Gasteiger partial charge in [-0.05, 0) is 33.4 Å². The summed E-state index contributed by atoms with van der Waals surface area (Å²) in [6, 6.07) is 9.98. The van der Waals surface area contributed by atoms with Crippen molar-refractivity contribution in [2.24, 2.45) is 0 Å². The molecule has 1 N–H and O–H groups in total. The Labute approximate surface area is 96.0 Å². The standard InChI is InChI=1S/C14H12BO/c1-3-10-9-11-7-5-6-8-13(11)14(15-16)12(10)4-2/h3-9,16H,1-2H2. The molecule has 0 spiro atoms. The van der Waals surface area contributed by atoms with Crippen LogP contribution in [0.25, 0.3) is 22.9 Å². The second-order valence-electron chi connectivity index (χ2n) is 3.55. The van der Waals surface area contributed by atoms with E-state index in [4.69, 9.17) is 0 Å². The molecule has 0 saturated carbocycles. The minimum atomic E-state index is 0.794. The van der Waals surface area contributed by atoms with E-state index in [9.17, 15) is 5.02 Å². The van der Waals surface area contributed by atoms with Gasteiger partial charge in [0, 0.05) is 0 Å². The highest BCUT2D eigenvalue weighted by atomic mass is 16.2. The summed E-state index contributed by atoms with van der Waals surface area (Å²) in [5.41, 5.74) is 2.69. The van der Waals surface area contributed by atoms with Gasteiger partial charge in [0.1, 0.15) is 0 Å². The molecule has 2 aromatic rings. The van der Waals surface area contributed by atoms with Crippen LogP contribution in [0.3, 0.4) is 0 Å². The summed E-state index contributed by atoms with van der Waals surface area (Å²) >= 11 is 0. The lowest BCUT2D eigenvalue weighted by Gasteiger charge is -2.11. The molecule has 2 heteroatoms. The third-order valence-electron chi connectivity index (χ3n) is 2.72. The van der Waals surface area contributed by atoms with Crippen LogP contribution in [0.2, 0.25) is 0 Å². The van der Waals surface area contributed by atoms with Crippen molar-refractivity contribution in [3.63, 3.8) is 0 Å². The summed E-state index contributed by atoms with van der Waals surface area (Å²) in [6.45, 7) is 7.55. The lowest BCUT2D eigenvalue weighted by molar-refractivity contribution is 0.615. The first-order valence-electron chi connectivity index (χ1n) is 5.10. The SMILES string of the molecule is C=Cc1cc2ccccc2c([B]O)c1C=C. The van der Waals surface area contributed by atoms with Crippen molar-refractivity contribution in [2.45, 2.75) is 0 Å². The van der Waals surface area contributed by atoms with Crippen molar-refractivity contribution in [3.05, 3.63) is 54.6 Å². The molecule has 0 fully saturated rings. The lowest BCUT2D eigenvalue weighted by atomic mass is 9.78. The predicted octanol–water partition coefficient (Wildman–Crippen LogP) is 2.36. The maximum absolute atomic E-state index is 9.36. The summed E-state index contributed by atoms with van der Waals surface area (Å²) < 4.78 is 0. The molecule has 0 aromatic heterocycles. The monoisotopic (exact) mass is 207 g/mol. The molecule has 0 amide bonds. The molecule has 0 heterocycles. The molecule has 1 radical (unpaired) electrons. The topological polar surface area (TPSA) is 20.2 Å². The van der Waals surface area contributed by atoms with E-state index < -0.39 is 0 Å². The van der Waals surface area contributed by atoms with E-state index >= 15 is 0 Å². The smallest absolute Gasteiger partial charge is 0.328 e. The fourth-order valence-corrected chi connectivity index (χ4v) is 1.95. The Hall–Kier alpha value is -1.80. The van der Waals surface area contributed by atoms with Gasteiger partial charge in [0.25, 0.3) is 0 Å². The summed E-state index contributed by atoms with van der Waals surface area (Å²) in [5.74, 6) is 0. The Kier molecular flexibility index (Phi) is 2.93. The number of benzene rings is 2. The second-order valence-corrected chi connectivity index (χ2v) is 3.55. The van der Waals surface area contributed by atoms with E-state index in [1.807, 2.05) is 30.3 Å². The molecule has 0 aliphatic carbocycles. The summed E-state index contributed by atoms with van der Waals surface area (Å²) in [5, 5.41) is 11.5. The predicted molar refractivity (Wildman–Crippen MR) is 71.7 cm³/mol. The zero-order chi connectivity index (χ0) is 11.5. The Morgan fingerprint density at radius 1 is 1.12 bits per heavy atom. The molecule has 16 heavy (non-hydrogen) atoms. The van der Waals surface area contributed by atoms with Gasteiger partial charge in [-0.3, -0.25) is 0 Å². The minimum Gasteiger partial charge on any atom is -0.450 e. The number of hydrogen-bond acceptors (Lipinski definition) is 1. The third-order valence-corrected chi connectivity index (χ3v) is 2.72. The van der Waals surface area contributed by atoms with E-state index in [1.165, 1.54) is 0 Å². The maximum atomic E-state index is 9.36. The number of rotatable bonds is 3. The molecule has 1 nitrogen and oxygen atoms in total. The third kappa shape index (κ3) is 1.57. The van der Waals surface area contributed by atoms with Crippen LogP contribution in [-0.4, -0.2) is 12.5 Å². The van der Waals surface area contributed by atoms with Gasteiger partial charge < -0.3 is 5.02 Å². The van der Waals surface area contributed by atoms with E-state index in [0.717, 1.165) is 34.8 Å². The van der Waals surface area contributed by atoms with E-state index in [-0.39, 0.29) is 0 Å². The van der Waals surface area contributed by atoms with Crippen molar-refractivity contribution in [1.29, 1.82) is 0 Å². The Balaban J connectivity index is 2.93. The van der Waals surface area contributed by atoms with Crippen LogP contribution < -0.4 is 5.46 Å². The zero-order valence-corrected chi connectivity index (χ0v) is 8.98. The molecular weight excluding hydrogens is 195 g/mol. The van der Waals surface area contributed by atoms with Gasteiger partial charge in [0.2, 0.25) is 0 Å². The fourth-order valence-electron chi connectivity index (χ4n) is 1.95. The molecule has 0 bridgehead atoms. The molecule has 2 aromatic carbocycles. The lowest BCUT2D eigenvalue weighted by Crippen LogP contribution is -2.19. The highest BCUT2D eigenvalue weighted by molar-refractivity contribution is 6.51. The van der Waals surface area contributed by atoms with Crippen LogP contribution in [0.1, 0.15) is 11.1 Å². The van der Waals surface area contributed by atoms with Crippen LogP contribution >= 0.6 is 0 Å². The first-order chi connectivity index (χ1) is 7.81. The summed E-state index contributed by atoms with van der Waals surface area (Å²) in [7, 11) is 1.13. The van der Waals surface area contributed by atoms with Gasteiger partial charge >= 0.3 is 7.48 Å². The Morgan fingerprint density at radius 2 is 1.88 bits per heavy atom. The quantitative estimate of drug-likeness (QED) is 0.766. The van der Waals surface area contributed by atoms with Crippen molar-refractivity contribution >= 4 is 35.9 Å². The first kappa shape index (κ1) is 10.7. The average molecular weight is 207 g/mol. The molecule has 0 aliphatic heterocycles. The van der Waals surface area contributed by atoms with Gasteiger partial charge in [0.15, 0.2) is 0 Å². The van der Waals surface area contributed by atoms with E-state index in [2.05, 4.69) is 13.2 Å². The highest BCUT2D eigenvalue weighted by Gasteiger charge is 2.09. The zero-order valence-electron chi connectivity index (χ0n) is 8.98. The molecule has 0 aliphatic rings. The fraction of sp³-hybridized carbons (Fsp3) is 0. The maximum Gasteiger partial charge on any atom is 0.328 e. The largest absolute Gasteiger partial charge is 0.450 e. The van der Waals surface area contributed by atoms with E-state index in [1.54, 1.807) is 12.2 Å². The highest BCUT2D eigenvalue weighted by Crippen LogP contribution is 2.19. The van der Waals surface area contributed by atoms with Crippen LogP contribution in [0, 0.1) is 0 Å². The van der Waals surface area contributed by atoms with Crippen LogP contribution in [0.4, 0.5) is 0 Å².